The number of rotatable bonds is 2. The number of allylic oxidation sites excluding steroid dienone is 1. The largest absolute Gasteiger partial charge is 0.458 e. The number of nitrogens with zero attached hydrogens (tertiary/aromatic N) is 2. The van der Waals surface area contributed by atoms with Crippen molar-refractivity contribution in [1.82, 2.24) is 4.57 Å². The van der Waals surface area contributed by atoms with Crippen LogP contribution in [0.15, 0.2) is 25.0 Å². The molecule has 0 N–H and O–H groups in total. The van der Waals surface area contributed by atoms with Crippen molar-refractivity contribution in [2.75, 3.05) is 0 Å². The van der Waals surface area contributed by atoms with E-state index in [9.17, 15) is 0 Å². The molecule has 51 valence electrons. The van der Waals surface area contributed by atoms with E-state index in [1.54, 1.807) is 0 Å². The van der Waals surface area contributed by atoms with Crippen LogP contribution < -0.4 is 10.3 Å². The first-order valence-corrected chi connectivity index (χ1v) is 3.17. The molecule has 0 aliphatic heterocycles. The maximum Gasteiger partial charge on any atom is 0.126 e. The molecule has 0 amide bonds. The molecule has 2 nitrogen and oxygen atoms in total. The van der Waals surface area contributed by atoms with E-state index in [2.05, 4.69) is 6.58 Å². The zero-order valence-electron chi connectivity index (χ0n) is 6.12. The third-order valence-corrected chi connectivity index (χ3v) is 1.45. The van der Waals surface area contributed by atoms with Gasteiger partial charge in [0.15, 0.2) is 0 Å². The standard InChI is InChI=1S/C7H10BN2/c1-3-4-10-6-5-9(2)7(10)8/h3,5-6H,1,4H2,2H3. The topological polar surface area (TPSA) is 8.81 Å². The molecule has 0 saturated carbocycles. The van der Waals surface area contributed by atoms with Gasteiger partial charge in [0.25, 0.3) is 0 Å². The van der Waals surface area contributed by atoms with Crippen LogP contribution in [0, 0.1) is 0 Å². The minimum atomic E-state index is 0.750. The van der Waals surface area contributed by atoms with Gasteiger partial charge in [-0.3, -0.25) is 9.13 Å². The molecule has 1 aromatic rings. The van der Waals surface area contributed by atoms with E-state index in [4.69, 9.17) is 7.85 Å². The van der Waals surface area contributed by atoms with Gasteiger partial charge >= 0.3 is 0 Å². The van der Waals surface area contributed by atoms with Crippen LogP contribution in [0.2, 0.25) is 0 Å². The second kappa shape index (κ2) is 2.73. The smallest absolute Gasteiger partial charge is 0.126 e. The van der Waals surface area contributed by atoms with E-state index >= 15 is 0 Å². The van der Waals surface area contributed by atoms with Gasteiger partial charge in [0, 0.05) is 0 Å². The Hall–Kier alpha value is -0.985. The monoisotopic (exact) mass is 133 g/mol. The van der Waals surface area contributed by atoms with Gasteiger partial charge in [-0.05, 0) is 5.72 Å². The van der Waals surface area contributed by atoms with Gasteiger partial charge in [-0.1, -0.05) is 12.7 Å². The summed E-state index contributed by atoms with van der Waals surface area (Å²) in [6.45, 7) is 4.39. The third-order valence-electron chi connectivity index (χ3n) is 1.45. The highest BCUT2D eigenvalue weighted by Gasteiger charge is 1.94. The quantitative estimate of drug-likeness (QED) is 0.286. The van der Waals surface area contributed by atoms with Crippen LogP contribution >= 0.6 is 0 Å². The minimum Gasteiger partial charge on any atom is -0.458 e. The summed E-state index contributed by atoms with van der Waals surface area (Å²) in [5.74, 6) is 0. The molecular formula is C7H10BN2. The molecule has 1 rings (SSSR count). The summed E-state index contributed by atoms with van der Waals surface area (Å²) >= 11 is 0. The van der Waals surface area contributed by atoms with Gasteiger partial charge in [-0.15, -0.1) is 0 Å². The molecule has 0 saturated heterocycles. The lowest BCUT2D eigenvalue weighted by Crippen LogP contribution is -2.46. The molecular weight excluding hydrogens is 123 g/mol. The van der Waals surface area contributed by atoms with E-state index in [0.29, 0.717) is 0 Å². The number of imidazole rings is 1. The molecule has 1 heterocycles. The van der Waals surface area contributed by atoms with Crippen molar-refractivity contribution in [1.29, 1.82) is 0 Å². The Bertz CT molecular complexity index is 240. The summed E-state index contributed by atoms with van der Waals surface area (Å²) in [4.78, 5) is 0. The predicted octanol–water partition coefficient (Wildman–Crippen LogP) is -0.708. The maximum absolute atomic E-state index is 5.67. The van der Waals surface area contributed by atoms with Crippen LogP contribution in [0.5, 0.6) is 0 Å². The number of hydrogen-bond acceptors (Lipinski definition) is 0. The lowest BCUT2D eigenvalue weighted by molar-refractivity contribution is -0.652. The molecule has 0 spiro atoms. The first kappa shape index (κ1) is 7.13. The molecule has 3 radical (unpaired) electrons. The Balaban J connectivity index is 2.93. The SMILES string of the molecule is [B-]c1n(CC=C)cc[n+]1C. The normalized spacial score (nSPS) is 9.80. The van der Waals surface area contributed by atoms with Crippen LogP contribution in [-0.4, -0.2) is 12.4 Å². The molecule has 0 fully saturated rings. The lowest BCUT2D eigenvalue weighted by Gasteiger charge is -2.04. The van der Waals surface area contributed by atoms with E-state index in [1.807, 2.05) is 34.7 Å². The van der Waals surface area contributed by atoms with E-state index in [1.165, 1.54) is 0 Å². The van der Waals surface area contributed by atoms with Crippen LogP contribution in [0.25, 0.3) is 0 Å². The van der Waals surface area contributed by atoms with Crippen molar-refractivity contribution in [2.45, 2.75) is 6.54 Å². The zero-order valence-corrected chi connectivity index (χ0v) is 6.12. The Morgan fingerprint density at radius 2 is 2.60 bits per heavy atom. The van der Waals surface area contributed by atoms with Crippen LogP contribution in [0.3, 0.4) is 0 Å². The van der Waals surface area contributed by atoms with Crippen molar-refractivity contribution < 1.29 is 4.57 Å². The van der Waals surface area contributed by atoms with Gasteiger partial charge < -0.3 is 7.85 Å². The number of aryl methyl sites for hydroxylation is 1. The summed E-state index contributed by atoms with van der Waals surface area (Å²) in [7, 11) is 7.58. The lowest BCUT2D eigenvalue weighted by atomic mass is 10.1. The van der Waals surface area contributed by atoms with E-state index in [0.717, 1.165) is 12.3 Å². The molecule has 0 aliphatic carbocycles. The summed E-state index contributed by atoms with van der Waals surface area (Å²) in [5.41, 5.74) is 0.750. The molecule has 0 aromatic carbocycles. The predicted molar refractivity (Wildman–Crippen MR) is 41.2 cm³/mol. The van der Waals surface area contributed by atoms with Gasteiger partial charge in [0.1, 0.15) is 18.9 Å². The van der Waals surface area contributed by atoms with Crippen molar-refractivity contribution >= 4 is 13.6 Å². The summed E-state index contributed by atoms with van der Waals surface area (Å²) in [6, 6.07) is 0. The molecule has 0 atom stereocenters. The molecule has 0 aliphatic rings. The van der Waals surface area contributed by atoms with Crippen molar-refractivity contribution in [3.05, 3.63) is 25.0 Å². The van der Waals surface area contributed by atoms with Crippen LogP contribution in [-0.2, 0) is 13.6 Å². The second-order valence-corrected chi connectivity index (χ2v) is 2.21. The Labute approximate surface area is 62.2 Å². The van der Waals surface area contributed by atoms with Crippen LogP contribution in [0.1, 0.15) is 0 Å². The van der Waals surface area contributed by atoms with Crippen molar-refractivity contribution in [3.8, 4) is 0 Å². The van der Waals surface area contributed by atoms with E-state index < -0.39 is 0 Å². The van der Waals surface area contributed by atoms with Gasteiger partial charge in [0.05, 0.1) is 7.05 Å². The van der Waals surface area contributed by atoms with Crippen molar-refractivity contribution in [3.63, 3.8) is 0 Å². The van der Waals surface area contributed by atoms with E-state index in [-0.39, 0.29) is 0 Å². The second-order valence-electron chi connectivity index (χ2n) is 2.21. The Morgan fingerprint density at radius 1 is 1.90 bits per heavy atom. The summed E-state index contributed by atoms with van der Waals surface area (Å²) in [5, 5.41) is 0. The fourth-order valence-corrected chi connectivity index (χ4v) is 0.829. The van der Waals surface area contributed by atoms with Gasteiger partial charge in [-0.2, -0.15) is 0 Å². The van der Waals surface area contributed by atoms with Gasteiger partial charge in [-0.25, -0.2) is 0 Å². The molecule has 0 bridgehead atoms. The highest BCUT2D eigenvalue weighted by atomic mass is 15.1. The maximum atomic E-state index is 5.67. The average molecular weight is 133 g/mol. The number of hydrogen-bond donors (Lipinski definition) is 0. The minimum absolute atomic E-state index is 0.750. The van der Waals surface area contributed by atoms with Crippen molar-refractivity contribution in [2.24, 2.45) is 7.05 Å². The highest BCUT2D eigenvalue weighted by Crippen LogP contribution is 1.79. The van der Waals surface area contributed by atoms with Gasteiger partial charge in [0.2, 0.25) is 0 Å². The molecule has 1 aromatic heterocycles. The first-order chi connectivity index (χ1) is 4.75. The zero-order chi connectivity index (χ0) is 7.56. The fraction of sp³-hybridized carbons (Fsp3) is 0.286. The number of aromatic nitrogens is 2. The van der Waals surface area contributed by atoms with Crippen LogP contribution in [0.4, 0.5) is 0 Å². The average Bonchev–Trinajstić information content (AvgIpc) is 2.20. The Morgan fingerprint density at radius 3 is 3.00 bits per heavy atom. The molecule has 10 heavy (non-hydrogen) atoms. The third kappa shape index (κ3) is 1.13. The Kier molecular flexibility index (Phi) is 1.95. The molecule has 0 unspecified atom stereocenters. The first-order valence-electron chi connectivity index (χ1n) is 3.17. The summed E-state index contributed by atoms with van der Waals surface area (Å²) in [6.07, 6.45) is 5.66. The highest BCUT2D eigenvalue weighted by molar-refractivity contribution is 6.27. The fourth-order valence-electron chi connectivity index (χ4n) is 0.829. The summed E-state index contributed by atoms with van der Waals surface area (Å²) < 4.78 is 3.79. The molecule has 3 heteroatoms.